The summed E-state index contributed by atoms with van der Waals surface area (Å²) < 4.78 is 18.8. The number of carbonyl (C=O) groups excluding carboxylic acids is 1. The average molecular weight is 380 g/mol. The molecule has 0 N–H and O–H groups in total. The maximum absolute atomic E-state index is 13.6. The van der Waals surface area contributed by atoms with Crippen LogP contribution in [-0.2, 0) is 16.0 Å². The molecule has 146 valence electrons. The molecule has 2 aromatic carbocycles. The number of ether oxygens (including phenoxy) is 1. The standard InChI is InChI=1S/C23H25FN2O2/c24-19-6-3-18(4-7-19)22(17-1-2-17)23(27)26-10-9-16-5-8-20(15-21(16)26)25-11-13-28-14-12-25/h3-8,15,17,22H,1-2,9-14H2. The molecule has 0 aromatic heterocycles. The number of carbonyl (C=O) groups is 1. The van der Waals surface area contributed by atoms with Crippen molar-refractivity contribution in [1.29, 1.82) is 0 Å². The van der Waals surface area contributed by atoms with E-state index in [2.05, 4.69) is 23.1 Å². The number of fused-ring (bicyclic) bond motifs is 1. The van der Waals surface area contributed by atoms with Gasteiger partial charge in [0.15, 0.2) is 0 Å². The highest BCUT2D eigenvalue weighted by Crippen LogP contribution is 2.45. The molecule has 5 heteroatoms. The number of nitrogens with zero attached hydrogens (tertiary/aromatic N) is 2. The maximum atomic E-state index is 13.6. The van der Waals surface area contributed by atoms with E-state index in [4.69, 9.17) is 4.74 Å². The van der Waals surface area contributed by atoms with Gasteiger partial charge in [0.1, 0.15) is 5.82 Å². The lowest BCUT2D eigenvalue weighted by molar-refractivity contribution is -0.120. The molecule has 2 fully saturated rings. The molecule has 1 saturated heterocycles. The number of rotatable bonds is 4. The lowest BCUT2D eigenvalue weighted by Crippen LogP contribution is -2.37. The lowest BCUT2D eigenvalue weighted by Gasteiger charge is -2.30. The SMILES string of the molecule is O=C(C(c1ccc(F)cc1)C1CC1)N1CCc2ccc(N3CCOCC3)cc21. The van der Waals surface area contributed by atoms with Crippen molar-refractivity contribution < 1.29 is 13.9 Å². The Bertz CT molecular complexity index is 873. The zero-order valence-electron chi connectivity index (χ0n) is 15.9. The van der Waals surface area contributed by atoms with Crippen LogP contribution in [0.25, 0.3) is 0 Å². The zero-order chi connectivity index (χ0) is 19.1. The highest BCUT2D eigenvalue weighted by molar-refractivity contribution is 6.00. The second-order valence-electron chi connectivity index (χ2n) is 8.02. The molecule has 2 heterocycles. The van der Waals surface area contributed by atoms with Crippen molar-refractivity contribution in [3.05, 3.63) is 59.4 Å². The number of hydrogen-bond donors (Lipinski definition) is 0. The van der Waals surface area contributed by atoms with Crippen LogP contribution in [0.4, 0.5) is 15.8 Å². The van der Waals surface area contributed by atoms with E-state index in [1.54, 1.807) is 12.1 Å². The third-order valence-electron chi connectivity index (χ3n) is 6.20. The minimum Gasteiger partial charge on any atom is -0.378 e. The summed E-state index contributed by atoms with van der Waals surface area (Å²) in [6, 6.07) is 13.0. The molecule has 1 saturated carbocycles. The fraction of sp³-hybridized carbons (Fsp3) is 0.435. The summed E-state index contributed by atoms with van der Waals surface area (Å²) in [5, 5.41) is 0. The van der Waals surface area contributed by atoms with Crippen LogP contribution in [0.15, 0.2) is 42.5 Å². The Morgan fingerprint density at radius 2 is 1.79 bits per heavy atom. The zero-order valence-corrected chi connectivity index (χ0v) is 15.9. The number of benzene rings is 2. The number of morpholine rings is 1. The molecule has 3 aliphatic rings. The summed E-state index contributed by atoms with van der Waals surface area (Å²) in [6.45, 7) is 3.98. The van der Waals surface area contributed by atoms with E-state index >= 15 is 0 Å². The largest absolute Gasteiger partial charge is 0.378 e. The predicted octanol–water partition coefficient (Wildman–Crippen LogP) is 3.75. The molecule has 0 bridgehead atoms. The molecule has 1 unspecified atom stereocenters. The van der Waals surface area contributed by atoms with E-state index in [0.717, 1.165) is 69.0 Å². The van der Waals surface area contributed by atoms with Crippen LogP contribution >= 0.6 is 0 Å². The first-order valence-electron chi connectivity index (χ1n) is 10.2. The van der Waals surface area contributed by atoms with Gasteiger partial charge in [0.25, 0.3) is 0 Å². The van der Waals surface area contributed by atoms with Gasteiger partial charge in [-0.15, -0.1) is 0 Å². The molecule has 5 rings (SSSR count). The number of hydrogen-bond acceptors (Lipinski definition) is 3. The van der Waals surface area contributed by atoms with Crippen molar-refractivity contribution in [1.82, 2.24) is 0 Å². The normalized spacial score (nSPS) is 20.2. The highest BCUT2D eigenvalue weighted by Gasteiger charge is 2.41. The van der Waals surface area contributed by atoms with E-state index in [-0.39, 0.29) is 17.6 Å². The third-order valence-corrected chi connectivity index (χ3v) is 6.20. The first kappa shape index (κ1) is 17.7. The van der Waals surface area contributed by atoms with Gasteiger partial charge in [-0.25, -0.2) is 4.39 Å². The van der Waals surface area contributed by atoms with Crippen LogP contribution in [0.3, 0.4) is 0 Å². The third kappa shape index (κ3) is 3.28. The molecule has 0 radical (unpaired) electrons. The molecule has 1 aliphatic carbocycles. The van der Waals surface area contributed by atoms with Gasteiger partial charge < -0.3 is 14.5 Å². The van der Waals surface area contributed by atoms with Gasteiger partial charge in [-0.1, -0.05) is 18.2 Å². The van der Waals surface area contributed by atoms with Crippen LogP contribution in [-0.4, -0.2) is 38.8 Å². The van der Waals surface area contributed by atoms with Crippen LogP contribution in [0.1, 0.15) is 29.9 Å². The Kier molecular flexibility index (Phi) is 4.55. The number of anilines is 2. The summed E-state index contributed by atoms with van der Waals surface area (Å²) >= 11 is 0. The van der Waals surface area contributed by atoms with E-state index in [0.29, 0.717) is 5.92 Å². The minimum atomic E-state index is -0.257. The quantitative estimate of drug-likeness (QED) is 0.810. The molecule has 1 atom stereocenters. The topological polar surface area (TPSA) is 32.8 Å². The van der Waals surface area contributed by atoms with E-state index in [9.17, 15) is 9.18 Å². The molecule has 28 heavy (non-hydrogen) atoms. The Morgan fingerprint density at radius 1 is 1.04 bits per heavy atom. The van der Waals surface area contributed by atoms with E-state index in [1.165, 1.54) is 17.7 Å². The number of amides is 1. The van der Waals surface area contributed by atoms with Gasteiger partial charge in [-0.2, -0.15) is 0 Å². The van der Waals surface area contributed by atoms with E-state index < -0.39 is 0 Å². The number of halogens is 1. The van der Waals surface area contributed by atoms with Crippen molar-refractivity contribution in [2.45, 2.75) is 25.2 Å². The summed E-state index contributed by atoms with van der Waals surface area (Å²) in [4.78, 5) is 17.8. The second kappa shape index (κ2) is 7.21. The lowest BCUT2D eigenvalue weighted by atomic mass is 9.92. The van der Waals surface area contributed by atoms with Crippen LogP contribution in [0.2, 0.25) is 0 Å². The Labute approximate surface area is 164 Å². The van der Waals surface area contributed by atoms with Crippen molar-refractivity contribution in [3.8, 4) is 0 Å². The summed E-state index contributed by atoms with van der Waals surface area (Å²) in [5.41, 5.74) is 4.37. The summed E-state index contributed by atoms with van der Waals surface area (Å²) in [6.07, 6.45) is 3.04. The van der Waals surface area contributed by atoms with Gasteiger partial charge in [0, 0.05) is 31.0 Å². The van der Waals surface area contributed by atoms with Crippen molar-refractivity contribution in [2.75, 3.05) is 42.6 Å². The van der Waals surface area contributed by atoms with Gasteiger partial charge >= 0.3 is 0 Å². The van der Waals surface area contributed by atoms with Gasteiger partial charge in [0.2, 0.25) is 5.91 Å². The first-order chi connectivity index (χ1) is 13.7. The molecule has 0 spiro atoms. The molecule has 2 aliphatic heterocycles. The predicted molar refractivity (Wildman–Crippen MR) is 107 cm³/mol. The molecule has 4 nitrogen and oxygen atoms in total. The second-order valence-corrected chi connectivity index (χ2v) is 8.02. The maximum Gasteiger partial charge on any atom is 0.234 e. The Morgan fingerprint density at radius 3 is 2.50 bits per heavy atom. The van der Waals surface area contributed by atoms with Crippen molar-refractivity contribution in [3.63, 3.8) is 0 Å². The van der Waals surface area contributed by atoms with Crippen LogP contribution in [0, 0.1) is 11.7 Å². The monoisotopic (exact) mass is 380 g/mol. The molecule has 1 amide bonds. The fourth-order valence-electron chi connectivity index (χ4n) is 4.50. The highest BCUT2D eigenvalue weighted by atomic mass is 19.1. The fourth-order valence-corrected chi connectivity index (χ4v) is 4.50. The minimum absolute atomic E-state index is 0.159. The van der Waals surface area contributed by atoms with Gasteiger partial charge in [-0.3, -0.25) is 4.79 Å². The van der Waals surface area contributed by atoms with Crippen molar-refractivity contribution >= 4 is 17.3 Å². The Hall–Kier alpha value is -2.40. The Balaban J connectivity index is 1.44. The van der Waals surface area contributed by atoms with Crippen LogP contribution < -0.4 is 9.80 Å². The van der Waals surface area contributed by atoms with Gasteiger partial charge in [0.05, 0.1) is 19.1 Å². The van der Waals surface area contributed by atoms with Gasteiger partial charge in [-0.05, 0) is 60.6 Å². The average Bonchev–Trinajstić information content (AvgIpc) is 3.47. The molecular weight excluding hydrogens is 355 g/mol. The first-order valence-corrected chi connectivity index (χ1v) is 10.2. The van der Waals surface area contributed by atoms with Crippen molar-refractivity contribution in [2.24, 2.45) is 5.92 Å². The molecule has 2 aromatic rings. The summed E-state index contributed by atoms with van der Waals surface area (Å²) in [7, 11) is 0. The summed E-state index contributed by atoms with van der Waals surface area (Å²) in [5.74, 6) is 0.113. The molecular formula is C23H25FN2O2. The van der Waals surface area contributed by atoms with Crippen LogP contribution in [0.5, 0.6) is 0 Å². The smallest absolute Gasteiger partial charge is 0.234 e. The van der Waals surface area contributed by atoms with E-state index in [1.807, 2.05) is 4.90 Å².